The van der Waals surface area contributed by atoms with E-state index in [9.17, 15) is 4.39 Å². The molecule has 2 nitrogen and oxygen atoms in total. The summed E-state index contributed by atoms with van der Waals surface area (Å²) in [5, 5.41) is 1.15. The van der Waals surface area contributed by atoms with Gasteiger partial charge in [-0.15, -0.1) is 11.3 Å². The second-order valence-corrected chi connectivity index (χ2v) is 5.42. The molecule has 0 aliphatic rings. The lowest BCUT2D eigenvalue weighted by atomic mass is 10.0. The highest BCUT2D eigenvalue weighted by Gasteiger charge is 2.18. The van der Waals surface area contributed by atoms with Gasteiger partial charge in [0.05, 0.1) is 6.04 Å². The zero-order valence-electron chi connectivity index (χ0n) is 10.1. The Kier molecular flexibility index (Phi) is 3.29. The molecule has 96 valence electrons. The Labute approximate surface area is 114 Å². The summed E-state index contributed by atoms with van der Waals surface area (Å²) < 4.78 is 15.1. The Hall–Kier alpha value is -1.75. The van der Waals surface area contributed by atoms with Crippen LogP contribution in [-0.2, 0) is 0 Å². The molecule has 1 atom stereocenters. The van der Waals surface area contributed by atoms with Gasteiger partial charge in [-0.05, 0) is 23.6 Å². The van der Waals surface area contributed by atoms with Crippen LogP contribution in [0, 0.1) is 5.82 Å². The Morgan fingerprint density at radius 2 is 1.79 bits per heavy atom. The predicted octanol–water partition coefficient (Wildman–Crippen LogP) is 3.59. The number of hydrazine groups is 1. The first kappa shape index (κ1) is 12.3. The lowest BCUT2D eigenvalue weighted by Crippen LogP contribution is -2.28. The Balaban J connectivity index is 2.09. The number of hydrogen-bond acceptors (Lipinski definition) is 3. The fraction of sp³-hybridized carbons (Fsp3) is 0.0667. The lowest BCUT2D eigenvalue weighted by molar-refractivity contribution is 0.564. The van der Waals surface area contributed by atoms with Gasteiger partial charge in [-0.3, -0.25) is 5.84 Å². The molecule has 4 heteroatoms. The molecule has 0 bridgehead atoms. The molecule has 0 saturated carbocycles. The molecule has 3 N–H and O–H groups in total. The number of halogens is 1. The molecular weight excluding hydrogens is 259 g/mol. The van der Waals surface area contributed by atoms with E-state index in [0.717, 1.165) is 10.3 Å². The predicted molar refractivity (Wildman–Crippen MR) is 77.4 cm³/mol. The molecule has 0 amide bonds. The van der Waals surface area contributed by atoms with E-state index in [0.29, 0.717) is 5.56 Å². The van der Waals surface area contributed by atoms with Crippen molar-refractivity contribution in [1.29, 1.82) is 0 Å². The molecular formula is C15H13FN2S. The van der Waals surface area contributed by atoms with Gasteiger partial charge in [0, 0.05) is 15.1 Å². The quantitative estimate of drug-likeness (QED) is 0.565. The summed E-state index contributed by atoms with van der Waals surface area (Å²) in [6.45, 7) is 0. The highest BCUT2D eigenvalue weighted by molar-refractivity contribution is 7.19. The smallest absolute Gasteiger partial charge is 0.128 e. The van der Waals surface area contributed by atoms with Crippen molar-refractivity contribution in [2.75, 3.05) is 0 Å². The number of thiophene rings is 1. The van der Waals surface area contributed by atoms with Crippen molar-refractivity contribution in [3.05, 3.63) is 70.9 Å². The average molecular weight is 272 g/mol. The molecule has 19 heavy (non-hydrogen) atoms. The van der Waals surface area contributed by atoms with Crippen LogP contribution in [0.2, 0.25) is 0 Å². The minimum absolute atomic E-state index is 0.247. The summed E-state index contributed by atoms with van der Waals surface area (Å²) in [7, 11) is 0. The van der Waals surface area contributed by atoms with Crippen LogP contribution in [0.15, 0.2) is 54.6 Å². The van der Waals surface area contributed by atoms with Crippen molar-refractivity contribution in [3.63, 3.8) is 0 Å². The maximum absolute atomic E-state index is 13.9. The summed E-state index contributed by atoms with van der Waals surface area (Å²) in [5.41, 5.74) is 3.27. The summed E-state index contributed by atoms with van der Waals surface area (Å²) in [4.78, 5) is 1.01. The van der Waals surface area contributed by atoms with Crippen LogP contribution in [0.3, 0.4) is 0 Å². The summed E-state index contributed by atoms with van der Waals surface area (Å²) in [5.74, 6) is 5.37. The minimum atomic E-state index is -0.321. The maximum atomic E-state index is 13.9. The molecule has 0 aliphatic heterocycles. The highest BCUT2D eigenvalue weighted by atomic mass is 32.1. The maximum Gasteiger partial charge on any atom is 0.128 e. The third-order valence-corrected chi connectivity index (χ3v) is 4.29. The zero-order chi connectivity index (χ0) is 13.2. The number of benzene rings is 2. The molecule has 1 aromatic heterocycles. The Morgan fingerprint density at radius 1 is 1.05 bits per heavy atom. The fourth-order valence-electron chi connectivity index (χ4n) is 2.18. The monoisotopic (exact) mass is 272 g/mol. The largest absolute Gasteiger partial charge is 0.271 e. The first-order valence-corrected chi connectivity index (χ1v) is 6.80. The zero-order valence-corrected chi connectivity index (χ0v) is 11.0. The molecule has 3 rings (SSSR count). The standard InChI is InChI=1S/C15H13FN2S/c16-12-7-3-2-6-11(12)15(18-17)14-9-10-5-1-4-8-13(10)19-14/h1-9,15,18H,17H2. The number of nitrogens with one attached hydrogen (secondary N) is 1. The molecule has 0 spiro atoms. The van der Waals surface area contributed by atoms with Crippen molar-refractivity contribution in [2.24, 2.45) is 5.84 Å². The number of rotatable bonds is 3. The third kappa shape index (κ3) is 2.26. The highest BCUT2D eigenvalue weighted by Crippen LogP contribution is 2.33. The van der Waals surface area contributed by atoms with Gasteiger partial charge in [-0.25, -0.2) is 9.82 Å². The van der Waals surface area contributed by atoms with Crippen LogP contribution >= 0.6 is 11.3 Å². The Morgan fingerprint density at radius 3 is 2.53 bits per heavy atom. The first-order valence-electron chi connectivity index (χ1n) is 5.98. The summed E-state index contributed by atoms with van der Waals surface area (Å²) >= 11 is 1.62. The second-order valence-electron chi connectivity index (χ2n) is 4.31. The SMILES string of the molecule is NNC(c1cc2ccccc2s1)c1ccccc1F. The molecule has 0 aliphatic carbocycles. The molecule has 3 aromatic rings. The van der Waals surface area contributed by atoms with Crippen molar-refractivity contribution < 1.29 is 4.39 Å². The first-order chi connectivity index (χ1) is 9.29. The van der Waals surface area contributed by atoms with E-state index in [2.05, 4.69) is 17.6 Å². The average Bonchev–Trinajstić information content (AvgIpc) is 2.85. The van der Waals surface area contributed by atoms with Gasteiger partial charge < -0.3 is 0 Å². The van der Waals surface area contributed by atoms with Gasteiger partial charge in [-0.2, -0.15) is 0 Å². The molecule has 1 unspecified atom stereocenters. The van der Waals surface area contributed by atoms with Gasteiger partial charge in [0.1, 0.15) is 5.82 Å². The van der Waals surface area contributed by atoms with Gasteiger partial charge in [0.15, 0.2) is 0 Å². The van der Waals surface area contributed by atoms with Crippen LogP contribution in [0.4, 0.5) is 4.39 Å². The molecule has 2 aromatic carbocycles. The van der Waals surface area contributed by atoms with E-state index in [1.165, 1.54) is 10.8 Å². The van der Waals surface area contributed by atoms with Gasteiger partial charge in [-0.1, -0.05) is 36.4 Å². The van der Waals surface area contributed by atoms with Crippen molar-refractivity contribution in [3.8, 4) is 0 Å². The summed E-state index contributed by atoms with van der Waals surface area (Å²) in [6, 6.07) is 16.5. The van der Waals surface area contributed by atoms with Crippen LogP contribution < -0.4 is 11.3 Å². The molecule has 0 fully saturated rings. The Bertz CT molecular complexity index is 675. The van der Waals surface area contributed by atoms with Crippen LogP contribution in [0.5, 0.6) is 0 Å². The van der Waals surface area contributed by atoms with Gasteiger partial charge >= 0.3 is 0 Å². The van der Waals surface area contributed by atoms with Crippen LogP contribution in [0.25, 0.3) is 10.1 Å². The third-order valence-electron chi connectivity index (χ3n) is 3.11. The van der Waals surface area contributed by atoms with E-state index in [1.807, 2.05) is 24.3 Å². The number of fused-ring (bicyclic) bond motifs is 1. The fourth-order valence-corrected chi connectivity index (χ4v) is 3.32. The number of hydrogen-bond donors (Lipinski definition) is 2. The van der Waals surface area contributed by atoms with Crippen LogP contribution in [-0.4, -0.2) is 0 Å². The second kappa shape index (κ2) is 5.09. The van der Waals surface area contributed by atoms with E-state index < -0.39 is 0 Å². The molecule has 1 heterocycles. The van der Waals surface area contributed by atoms with Gasteiger partial charge in [0.2, 0.25) is 0 Å². The van der Waals surface area contributed by atoms with E-state index in [4.69, 9.17) is 5.84 Å². The minimum Gasteiger partial charge on any atom is -0.271 e. The van der Waals surface area contributed by atoms with E-state index >= 15 is 0 Å². The topological polar surface area (TPSA) is 38.0 Å². The lowest BCUT2D eigenvalue weighted by Gasteiger charge is -2.15. The normalized spacial score (nSPS) is 12.7. The van der Waals surface area contributed by atoms with Crippen molar-refractivity contribution in [2.45, 2.75) is 6.04 Å². The molecule has 0 radical (unpaired) electrons. The summed E-state index contributed by atoms with van der Waals surface area (Å²) in [6.07, 6.45) is 0. The molecule has 0 saturated heterocycles. The number of nitrogens with two attached hydrogens (primary N) is 1. The van der Waals surface area contributed by atoms with Crippen LogP contribution in [0.1, 0.15) is 16.5 Å². The van der Waals surface area contributed by atoms with Gasteiger partial charge in [0.25, 0.3) is 0 Å². The van der Waals surface area contributed by atoms with Crippen molar-refractivity contribution in [1.82, 2.24) is 5.43 Å². The van der Waals surface area contributed by atoms with E-state index in [1.54, 1.807) is 23.5 Å². The van der Waals surface area contributed by atoms with Crippen molar-refractivity contribution >= 4 is 21.4 Å². The van der Waals surface area contributed by atoms with E-state index in [-0.39, 0.29) is 11.9 Å².